The SMILES string of the molecule is O=C(CSCc1ccccc1Br)N/N=C\c1ccc(OCC(=O)Nc2cccc(Cl)c2)cc1. The van der Waals surface area contributed by atoms with Gasteiger partial charge in [0.2, 0.25) is 5.91 Å². The largest absolute Gasteiger partial charge is 0.484 e. The van der Waals surface area contributed by atoms with Gasteiger partial charge < -0.3 is 10.1 Å². The van der Waals surface area contributed by atoms with Gasteiger partial charge in [-0.1, -0.05) is 51.8 Å². The Morgan fingerprint density at radius 1 is 1.03 bits per heavy atom. The molecule has 3 aromatic rings. The molecule has 2 amide bonds. The molecular weight excluding hydrogens is 526 g/mol. The number of halogens is 2. The highest BCUT2D eigenvalue weighted by atomic mass is 79.9. The second-order valence-electron chi connectivity index (χ2n) is 6.79. The third-order valence-corrected chi connectivity index (χ3v) is 6.20. The van der Waals surface area contributed by atoms with Crippen LogP contribution in [0.5, 0.6) is 5.75 Å². The Labute approximate surface area is 209 Å². The minimum absolute atomic E-state index is 0.132. The first-order valence-electron chi connectivity index (χ1n) is 9.91. The monoisotopic (exact) mass is 545 g/mol. The number of nitrogens with zero attached hydrogens (tertiary/aromatic N) is 1. The van der Waals surface area contributed by atoms with Crippen molar-refractivity contribution in [1.82, 2.24) is 5.43 Å². The van der Waals surface area contributed by atoms with Crippen LogP contribution in [0.3, 0.4) is 0 Å². The van der Waals surface area contributed by atoms with Gasteiger partial charge in [0.15, 0.2) is 6.61 Å². The Bertz CT molecular complexity index is 1130. The fourth-order valence-electron chi connectivity index (χ4n) is 2.64. The first-order valence-corrected chi connectivity index (χ1v) is 12.2. The quantitative estimate of drug-likeness (QED) is 0.260. The van der Waals surface area contributed by atoms with Gasteiger partial charge in [-0.05, 0) is 59.7 Å². The Balaban J connectivity index is 1.36. The maximum Gasteiger partial charge on any atom is 0.262 e. The van der Waals surface area contributed by atoms with Crippen molar-refractivity contribution in [3.05, 3.63) is 93.4 Å². The summed E-state index contributed by atoms with van der Waals surface area (Å²) in [6.45, 7) is -0.132. The Kier molecular flexibility index (Phi) is 9.80. The summed E-state index contributed by atoms with van der Waals surface area (Å²) >= 11 is 10.9. The molecule has 0 aliphatic carbocycles. The van der Waals surface area contributed by atoms with Crippen LogP contribution in [0.15, 0.2) is 82.4 Å². The number of nitrogens with one attached hydrogen (secondary N) is 2. The third kappa shape index (κ3) is 8.92. The molecule has 0 aromatic heterocycles. The number of rotatable bonds is 10. The van der Waals surface area contributed by atoms with Crippen LogP contribution in [0.25, 0.3) is 0 Å². The summed E-state index contributed by atoms with van der Waals surface area (Å²) < 4.78 is 6.52. The van der Waals surface area contributed by atoms with Crippen LogP contribution in [-0.2, 0) is 15.3 Å². The standard InChI is InChI=1S/C24H21BrClN3O3S/c25-22-7-2-1-4-18(22)15-33-16-24(31)29-27-13-17-8-10-21(11-9-17)32-14-23(30)28-20-6-3-5-19(26)12-20/h1-13H,14-16H2,(H,28,30)(H,29,31)/b27-13-. The lowest BCUT2D eigenvalue weighted by atomic mass is 10.2. The number of amides is 2. The predicted octanol–water partition coefficient (Wildman–Crippen LogP) is 5.50. The zero-order chi connectivity index (χ0) is 23.5. The predicted molar refractivity (Wildman–Crippen MR) is 138 cm³/mol. The number of carbonyl (C=O) groups excluding carboxylic acids is 2. The first-order chi connectivity index (χ1) is 16.0. The van der Waals surface area contributed by atoms with E-state index in [0.29, 0.717) is 22.2 Å². The van der Waals surface area contributed by atoms with Crippen LogP contribution >= 0.6 is 39.3 Å². The van der Waals surface area contributed by atoms with E-state index in [2.05, 4.69) is 31.8 Å². The summed E-state index contributed by atoms with van der Waals surface area (Å²) in [6, 6.07) is 21.8. The van der Waals surface area contributed by atoms with Gasteiger partial charge in [-0.25, -0.2) is 5.43 Å². The molecule has 3 aromatic carbocycles. The molecule has 170 valence electrons. The second-order valence-corrected chi connectivity index (χ2v) is 9.07. The molecule has 0 radical (unpaired) electrons. The van der Waals surface area contributed by atoms with Gasteiger partial charge in [-0.2, -0.15) is 5.10 Å². The van der Waals surface area contributed by atoms with Gasteiger partial charge >= 0.3 is 0 Å². The van der Waals surface area contributed by atoms with Crippen molar-refractivity contribution in [3.8, 4) is 5.75 Å². The second kappa shape index (κ2) is 13.0. The van der Waals surface area contributed by atoms with Crippen LogP contribution in [0.2, 0.25) is 5.02 Å². The van der Waals surface area contributed by atoms with E-state index >= 15 is 0 Å². The van der Waals surface area contributed by atoms with E-state index in [1.54, 1.807) is 54.7 Å². The van der Waals surface area contributed by atoms with Crippen molar-refractivity contribution < 1.29 is 14.3 Å². The van der Waals surface area contributed by atoms with Crippen LogP contribution in [0.4, 0.5) is 5.69 Å². The summed E-state index contributed by atoms with van der Waals surface area (Å²) in [5, 5.41) is 7.24. The summed E-state index contributed by atoms with van der Waals surface area (Å²) in [5.74, 6) is 1.12. The molecule has 0 aliphatic rings. The van der Waals surface area contributed by atoms with E-state index < -0.39 is 0 Å². The highest BCUT2D eigenvalue weighted by Crippen LogP contribution is 2.21. The molecule has 0 spiro atoms. The number of anilines is 1. The normalized spacial score (nSPS) is 10.7. The summed E-state index contributed by atoms with van der Waals surface area (Å²) in [4.78, 5) is 23.9. The molecule has 0 saturated carbocycles. The molecule has 0 bridgehead atoms. The third-order valence-electron chi connectivity index (χ3n) is 4.21. The molecule has 3 rings (SSSR count). The van der Waals surface area contributed by atoms with E-state index in [1.165, 1.54) is 11.8 Å². The van der Waals surface area contributed by atoms with Gasteiger partial charge in [-0.3, -0.25) is 9.59 Å². The Morgan fingerprint density at radius 2 is 1.82 bits per heavy atom. The summed E-state index contributed by atoms with van der Waals surface area (Å²) in [7, 11) is 0. The van der Waals surface area contributed by atoms with Gasteiger partial charge in [0.25, 0.3) is 5.91 Å². The minimum Gasteiger partial charge on any atom is -0.484 e. The molecule has 6 nitrogen and oxygen atoms in total. The van der Waals surface area contributed by atoms with Gasteiger partial charge in [-0.15, -0.1) is 11.8 Å². The van der Waals surface area contributed by atoms with Crippen LogP contribution in [0.1, 0.15) is 11.1 Å². The highest BCUT2D eigenvalue weighted by molar-refractivity contribution is 9.10. The topological polar surface area (TPSA) is 79.8 Å². The van der Waals surface area contributed by atoms with E-state index in [9.17, 15) is 9.59 Å². The van der Waals surface area contributed by atoms with Gasteiger partial charge in [0.1, 0.15) is 5.75 Å². The lowest BCUT2D eigenvalue weighted by Gasteiger charge is -2.08. The maximum absolute atomic E-state index is 12.0. The van der Waals surface area contributed by atoms with E-state index in [4.69, 9.17) is 16.3 Å². The molecule has 33 heavy (non-hydrogen) atoms. The van der Waals surface area contributed by atoms with Crippen LogP contribution in [0, 0.1) is 0 Å². The number of ether oxygens (including phenoxy) is 1. The van der Waals surface area contributed by atoms with E-state index in [-0.39, 0.29) is 18.4 Å². The molecule has 0 heterocycles. The number of hydrogen-bond donors (Lipinski definition) is 2. The molecule has 9 heteroatoms. The Hall–Kier alpha value is -2.81. The van der Waals surface area contributed by atoms with Crippen molar-refractivity contribution in [1.29, 1.82) is 0 Å². The Morgan fingerprint density at radius 3 is 2.58 bits per heavy atom. The highest BCUT2D eigenvalue weighted by Gasteiger charge is 2.05. The van der Waals surface area contributed by atoms with Crippen molar-refractivity contribution in [2.24, 2.45) is 5.10 Å². The summed E-state index contributed by atoms with van der Waals surface area (Å²) in [5.41, 5.74) is 5.05. The van der Waals surface area contributed by atoms with Crippen molar-refractivity contribution in [2.75, 3.05) is 17.7 Å². The lowest BCUT2D eigenvalue weighted by molar-refractivity contribution is -0.119. The average Bonchev–Trinajstić information content (AvgIpc) is 2.80. The van der Waals surface area contributed by atoms with Crippen molar-refractivity contribution in [2.45, 2.75) is 5.75 Å². The summed E-state index contributed by atoms with van der Waals surface area (Å²) in [6.07, 6.45) is 1.55. The number of thioether (sulfide) groups is 1. The number of hydrogen-bond acceptors (Lipinski definition) is 5. The fourth-order valence-corrected chi connectivity index (χ4v) is 4.27. The smallest absolute Gasteiger partial charge is 0.262 e. The van der Waals surface area contributed by atoms with E-state index in [1.807, 2.05) is 24.3 Å². The molecule has 0 fully saturated rings. The van der Waals surface area contributed by atoms with Crippen LogP contribution < -0.4 is 15.5 Å². The van der Waals surface area contributed by atoms with E-state index in [0.717, 1.165) is 21.4 Å². The molecule has 0 atom stereocenters. The first kappa shape index (κ1) is 24.8. The number of benzene rings is 3. The lowest BCUT2D eigenvalue weighted by Crippen LogP contribution is -2.20. The minimum atomic E-state index is -0.289. The molecule has 2 N–H and O–H groups in total. The van der Waals surface area contributed by atoms with Gasteiger partial charge in [0, 0.05) is 20.9 Å². The molecule has 0 aliphatic heterocycles. The maximum atomic E-state index is 12.0. The zero-order valence-corrected chi connectivity index (χ0v) is 20.6. The van der Waals surface area contributed by atoms with Gasteiger partial charge in [0.05, 0.1) is 12.0 Å². The molecule has 0 unspecified atom stereocenters. The fraction of sp³-hybridized carbons (Fsp3) is 0.125. The van der Waals surface area contributed by atoms with Crippen LogP contribution in [-0.4, -0.2) is 30.4 Å². The number of hydrazone groups is 1. The van der Waals surface area contributed by atoms with Crippen molar-refractivity contribution >= 4 is 63.0 Å². The molecular formula is C24H21BrClN3O3S. The molecule has 0 saturated heterocycles. The van der Waals surface area contributed by atoms with Crippen molar-refractivity contribution in [3.63, 3.8) is 0 Å². The average molecular weight is 547 g/mol. The number of carbonyl (C=O) groups is 2. The zero-order valence-electron chi connectivity index (χ0n) is 17.5.